The van der Waals surface area contributed by atoms with E-state index in [2.05, 4.69) is 46.0 Å². The van der Waals surface area contributed by atoms with Crippen molar-refractivity contribution in [3.8, 4) is 6.07 Å². The highest BCUT2D eigenvalue weighted by atomic mass is 16.1. The average Bonchev–Trinajstić information content (AvgIpc) is 3.59. The predicted molar refractivity (Wildman–Crippen MR) is 138 cm³/mol. The Balaban J connectivity index is 1.17. The fraction of sp³-hybridized carbons (Fsp3) is 0.467. The number of H-pyrrole nitrogens is 1. The minimum Gasteiger partial charge on any atom is -0.349 e. The van der Waals surface area contributed by atoms with Crippen LogP contribution in [-0.4, -0.2) is 23.5 Å². The predicted octanol–water partition coefficient (Wildman–Crippen LogP) is 5.56. The minimum absolute atomic E-state index is 0.0184. The zero-order chi connectivity index (χ0) is 23.8. The second kappa shape index (κ2) is 9.17. The van der Waals surface area contributed by atoms with E-state index in [1.54, 1.807) is 5.56 Å². The molecular weight excluding hydrogens is 432 g/mol. The van der Waals surface area contributed by atoms with E-state index in [-0.39, 0.29) is 17.5 Å². The highest BCUT2D eigenvalue weighted by molar-refractivity contribution is 5.98. The lowest BCUT2D eigenvalue weighted by atomic mass is 9.61. The number of hydrogen-bond donors (Lipinski definition) is 3. The standard InChI is InChI=1S/C30H34N4O/c31-19-26-17-21-9-10-22(18-28(21)33-26)29(35)34-25-13-11-24(12-14-25)30(23-6-2-3-7-23)27-8-4-1-5-20(27)15-16-32-30/h1,4-5,8-10,17-18,23-25,32-33H,2-3,6-7,11-16H2,(H,34,35). The molecule has 0 spiro atoms. The monoisotopic (exact) mass is 466 g/mol. The van der Waals surface area contributed by atoms with Crippen LogP contribution in [0.25, 0.3) is 10.9 Å². The van der Waals surface area contributed by atoms with Gasteiger partial charge in [-0.1, -0.05) is 43.2 Å². The molecule has 2 heterocycles. The van der Waals surface area contributed by atoms with Crippen molar-refractivity contribution in [2.75, 3.05) is 6.54 Å². The van der Waals surface area contributed by atoms with Crippen LogP contribution in [-0.2, 0) is 12.0 Å². The first kappa shape index (κ1) is 22.4. The summed E-state index contributed by atoms with van der Waals surface area (Å²) < 4.78 is 0. The molecule has 0 bridgehead atoms. The number of nitrogens with one attached hydrogen (secondary N) is 3. The summed E-state index contributed by atoms with van der Waals surface area (Å²) in [6, 6.07) is 18.9. The maximum atomic E-state index is 13.0. The van der Waals surface area contributed by atoms with Crippen LogP contribution in [0.2, 0.25) is 0 Å². The van der Waals surface area contributed by atoms with E-state index in [1.807, 2.05) is 24.3 Å². The molecule has 0 radical (unpaired) electrons. The zero-order valence-electron chi connectivity index (χ0n) is 20.3. The van der Waals surface area contributed by atoms with E-state index in [4.69, 9.17) is 5.26 Å². The van der Waals surface area contributed by atoms with E-state index in [9.17, 15) is 4.79 Å². The molecule has 35 heavy (non-hydrogen) atoms. The number of nitrogens with zero attached hydrogens (tertiary/aromatic N) is 1. The number of aromatic nitrogens is 1. The van der Waals surface area contributed by atoms with E-state index in [1.165, 1.54) is 31.2 Å². The van der Waals surface area contributed by atoms with Crippen LogP contribution in [0.3, 0.4) is 0 Å². The molecule has 1 unspecified atom stereocenters. The number of fused-ring (bicyclic) bond motifs is 2. The van der Waals surface area contributed by atoms with Crippen molar-refractivity contribution in [1.82, 2.24) is 15.6 Å². The Hall–Kier alpha value is -3.10. The van der Waals surface area contributed by atoms with Crippen LogP contribution in [0.15, 0.2) is 48.5 Å². The summed E-state index contributed by atoms with van der Waals surface area (Å²) in [6.45, 7) is 1.07. The van der Waals surface area contributed by atoms with Crippen molar-refractivity contribution in [2.24, 2.45) is 11.8 Å². The fourth-order valence-corrected chi connectivity index (χ4v) is 7.37. The molecular formula is C30H34N4O. The summed E-state index contributed by atoms with van der Waals surface area (Å²) >= 11 is 0. The van der Waals surface area contributed by atoms with Gasteiger partial charge in [0.25, 0.3) is 5.91 Å². The van der Waals surface area contributed by atoms with Crippen LogP contribution in [0.1, 0.15) is 78.5 Å². The maximum absolute atomic E-state index is 13.0. The lowest BCUT2D eigenvalue weighted by Crippen LogP contribution is -2.58. The summed E-state index contributed by atoms with van der Waals surface area (Å²) in [4.78, 5) is 16.1. The Labute approximate surface area is 207 Å². The van der Waals surface area contributed by atoms with Gasteiger partial charge in [0.15, 0.2) is 0 Å². The lowest BCUT2D eigenvalue weighted by molar-refractivity contribution is 0.0722. The van der Waals surface area contributed by atoms with Crippen molar-refractivity contribution in [2.45, 2.75) is 69.4 Å². The van der Waals surface area contributed by atoms with Gasteiger partial charge in [0.05, 0.1) is 0 Å². The van der Waals surface area contributed by atoms with E-state index in [0.717, 1.165) is 49.6 Å². The van der Waals surface area contributed by atoms with Gasteiger partial charge in [-0.15, -0.1) is 0 Å². The van der Waals surface area contributed by atoms with Gasteiger partial charge in [0.1, 0.15) is 11.8 Å². The van der Waals surface area contributed by atoms with E-state index < -0.39 is 0 Å². The molecule has 1 amide bonds. The van der Waals surface area contributed by atoms with Crippen LogP contribution < -0.4 is 10.6 Å². The molecule has 2 fully saturated rings. The van der Waals surface area contributed by atoms with Crippen LogP contribution in [0.4, 0.5) is 0 Å². The topological polar surface area (TPSA) is 80.7 Å². The van der Waals surface area contributed by atoms with Crippen LogP contribution >= 0.6 is 0 Å². The summed E-state index contributed by atoms with van der Waals surface area (Å²) in [5, 5.41) is 17.5. The van der Waals surface area contributed by atoms with Crippen LogP contribution in [0, 0.1) is 23.2 Å². The molecule has 3 N–H and O–H groups in total. The molecule has 2 saturated carbocycles. The quantitative estimate of drug-likeness (QED) is 0.471. The number of aromatic amines is 1. The maximum Gasteiger partial charge on any atom is 0.251 e. The molecule has 3 aromatic rings. The smallest absolute Gasteiger partial charge is 0.251 e. The fourth-order valence-electron chi connectivity index (χ4n) is 7.37. The van der Waals surface area contributed by atoms with Gasteiger partial charge in [0, 0.05) is 34.6 Å². The molecule has 2 aromatic carbocycles. The molecule has 1 atom stereocenters. The van der Waals surface area contributed by atoms with Gasteiger partial charge in [-0.3, -0.25) is 4.79 Å². The van der Waals surface area contributed by atoms with Crippen molar-refractivity contribution < 1.29 is 4.79 Å². The molecule has 180 valence electrons. The zero-order valence-corrected chi connectivity index (χ0v) is 20.3. The first-order chi connectivity index (χ1) is 17.2. The Morgan fingerprint density at radius 1 is 0.971 bits per heavy atom. The van der Waals surface area contributed by atoms with Gasteiger partial charge in [-0.25, -0.2) is 0 Å². The molecule has 1 aromatic heterocycles. The number of carbonyl (C=O) groups excluding carboxylic acids is 1. The van der Waals surface area contributed by atoms with Crippen LogP contribution in [0.5, 0.6) is 0 Å². The summed E-state index contributed by atoms with van der Waals surface area (Å²) in [7, 11) is 0. The van der Waals surface area contributed by atoms with Crippen molar-refractivity contribution in [1.29, 1.82) is 5.26 Å². The second-order valence-electron chi connectivity index (χ2n) is 10.8. The summed E-state index contributed by atoms with van der Waals surface area (Å²) in [5.41, 5.74) is 5.19. The first-order valence-electron chi connectivity index (χ1n) is 13.3. The average molecular weight is 467 g/mol. The number of rotatable bonds is 4. The van der Waals surface area contributed by atoms with E-state index >= 15 is 0 Å². The van der Waals surface area contributed by atoms with Gasteiger partial charge >= 0.3 is 0 Å². The van der Waals surface area contributed by atoms with Gasteiger partial charge in [-0.05, 0) is 86.1 Å². The summed E-state index contributed by atoms with van der Waals surface area (Å²) in [5.74, 6) is 1.31. The van der Waals surface area contributed by atoms with Crippen molar-refractivity contribution in [3.63, 3.8) is 0 Å². The molecule has 3 aliphatic rings. The van der Waals surface area contributed by atoms with Crippen molar-refractivity contribution >= 4 is 16.8 Å². The Morgan fingerprint density at radius 3 is 2.54 bits per heavy atom. The van der Waals surface area contributed by atoms with Gasteiger partial charge in [-0.2, -0.15) is 5.26 Å². The lowest BCUT2D eigenvalue weighted by Gasteiger charge is -2.52. The highest BCUT2D eigenvalue weighted by Crippen LogP contribution is 2.51. The molecule has 5 heteroatoms. The number of amides is 1. The number of benzene rings is 2. The third-order valence-corrected chi connectivity index (χ3v) is 8.99. The van der Waals surface area contributed by atoms with Gasteiger partial charge < -0.3 is 15.6 Å². The Kier molecular flexibility index (Phi) is 5.86. The Morgan fingerprint density at radius 2 is 1.74 bits per heavy atom. The third kappa shape index (κ3) is 3.94. The molecule has 0 saturated heterocycles. The molecule has 2 aliphatic carbocycles. The number of carbonyl (C=O) groups is 1. The first-order valence-corrected chi connectivity index (χ1v) is 13.3. The largest absolute Gasteiger partial charge is 0.349 e. The minimum atomic E-state index is -0.0184. The second-order valence-corrected chi connectivity index (χ2v) is 10.8. The molecule has 6 rings (SSSR count). The SMILES string of the molecule is N#Cc1cc2ccc(C(=O)NC3CCC(C4(C5CCCC5)NCCc5ccccc54)CC3)cc2[nH]1. The normalized spacial score (nSPS) is 26.8. The van der Waals surface area contributed by atoms with Crippen molar-refractivity contribution in [3.05, 3.63) is 70.9 Å². The molecule has 5 nitrogen and oxygen atoms in total. The number of nitriles is 1. The number of hydrogen-bond acceptors (Lipinski definition) is 3. The highest BCUT2D eigenvalue weighted by Gasteiger charge is 2.49. The summed E-state index contributed by atoms with van der Waals surface area (Å²) in [6.07, 6.45) is 10.8. The van der Waals surface area contributed by atoms with E-state index in [0.29, 0.717) is 23.1 Å². The van der Waals surface area contributed by atoms with Gasteiger partial charge in [0.2, 0.25) is 0 Å². The Bertz CT molecular complexity index is 1270. The molecule has 1 aliphatic heterocycles. The third-order valence-electron chi connectivity index (χ3n) is 8.99.